The van der Waals surface area contributed by atoms with E-state index in [-0.39, 0.29) is 5.76 Å². The Hall–Kier alpha value is -1.84. The third-order valence-electron chi connectivity index (χ3n) is 1.80. The Morgan fingerprint density at radius 2 is 2.46 bits per heavy atom. The number of hydrogen-bond acceptors (Lipinski definition) is 3. The third-order valence-corrected chi connectivity index (χ3v) is 1.80. The highest BCUT2D eigenvalue weighted by molar-refractivity contribution is 5.70. The van der Waals surface area contributed by atoms with Crippen molar-refractivity contribution < 1.29 is 9.21 Å². The Labute approximate surface area is 74.8 Å². The number of hydrogen-bond donors (Lipinski definition) is 0. The van der Waals surface area contributed by atoms with Crippen LogP contribution >= 0.6 is 0 Å². The van der Waals surface area contributed by atoms with Gasteiger partial charge in [-0.25, -0.2) is 4.98 Å². The molecule has 0 aliphatic rings. The van der Waals surface area contributed by atoms with Crippen LogP contribution in [0.3, 0.4) is 0 Å². The van der Waals surface area contributed by atoms with Crippen molar-refractivity contribution in [1.29, 1.82) is 0 Å². The van der Waals surface area contributed by atoms with E-state index < -0.39 is 0 Å². The molecule has 0 radical (unpaired) electrons. The highest BCUT2D eigenvalue weighted by atomic mass is 16.4. The molecule has 66 valence electrons. The van der Waals surface area contributed by atoms with Crippen molar-refractivity contribution in [3.63, 3.8) is 0 Å². The average molecular weight is 176 g/mol. The van der Waals surface area contributed by atoms with Crippen LogP contribution < -0.4 is 0 Å². The van der Waals surface area contributed by atoms with Gasteiger partial charge in [-0.1, -0.05) is 0 Å². The molecule has 0 spiro atoms. The Morgan fingerprint density at radius 3 is 3.00 bits per heavy atom. The van der Waals surface area contributed by atoms with Crippen LogP contribution in [0.15, 0.2) is 28.9 Å². The topological polar surface area (TPSA) is 48.0 Å². The molecular weight excluding hydrogens is 168 g/mol. The van der Waals surface area contributed by atoms with E-state index in [1.165, 1.54) is 6.20 Å². The average Bonchev–Trinajstić information content (AvgIpc) is 2.71. The van der Waals surface area contributed by atoms with E-state index in [0.717, 1.165) is 5.69 Å². The van der Waals surface area contributed by atoms with E-state index in [1.807, 2.05) is 29.9 Å². The summed E-state index contributed by atoms with van der Waals surface area (Å²) in [6.45, 7) is 0. The number of aryl methyl sites for hydroxylation is 1. The van der Waals surface area contributed by atoms with Gasteiger partial charge in [-0.3, -0.25) is 4.79 Å². The number of carbonyl (C=O) groups excluding carboxylic acids is 1. The second kappa shape index (κ2) is 2.90. The van der Waals surface area contributed by atoms with Crippen molar-refractivity contribution in [1.82, 2.24) is 9.55 Å². The van der Waals surface area contributed by atoms with Gasteiger partial charge in [0.05, 0.1) is 6.20 Å². The summed E-state index contributed by atoms with van der Waals surface area (Å²) in [6, 6.07) is 3.76. The van der Waals surface area contributed by atoms with Gasteiger partial charge in [0, 0.05) is 13.2 Å². The summed E-state index contributed by atoms with van der Waals surface area (Å²) in [6.07, 6.45) is 3.94. The van der Waals surface area contributed by atoms with Crippen LogP contribution in [0.1, 0.15) is 10.6 Å². The van der Waals surface area contributed by atoms with Crippen molar-refractivity contribution in [2.24, 2.45) is 7.05 Å². The molecule has 0 atom stereocenters. The van der Waals surface area contributed by atoms with Gasteiger partial charge in [-0.15, -0.1) is 0 Å². The molecule has 2 aromatic heterocycles. The fourth-order valence-corrected chi connectivity index (χ4v) is 1.14. The highest BCUT2D eigenvalue weighted by Gasteiger charge is 2.07. The standard InChI is InChI=1S/C9H8N2O2/c1-11-4-2-3-8(11)9-10-5-7(6-12)13-9/h2-6H,1H3. The van der Waals surface area contributed by atoms with Crippen LogP contribution in [0.25, 0.3) is 11.6 Å². The predicted octanol–water partition coefficient (Wildman–Crippen LogP) is 1.49. The monoisotopic (exact) mass is 176 g/mol. The van der Waals surface area contributed by atoms with Gasteiger partial charge in [-0.2, -0.15) is 0 Å². The van der Waals surface area contributed by atoms with Crippen LogP contribution in [-0.4, -0.2) is 15.8 Å². The first-order valence-electron chi connectivity index (χ1n) is 3.84. The quantitative estimate of drug-likeness (QED) is 0.651. The third kappa shape index (κ3) is 1.26. The number of nitrogens with zero attached hydrogens (tertiary/aromatic N) is 2. The van der Waals surface area contributed by atoms with E-state index in [2.05, 4.69) is 4.98 Å². The zero-order valence-electron chi connectivity index (χ0n) is 7.10. The number of carbonyl (C=O) groups is 1. The summed E-state index contributed by atoms with van der Waals surface area (Å²) in [5.74, 6) is 0.714. The Kier molecular flexibility index (Phi) is 1.73. The number of aldehydes is 1. The maximum Gasteiger partial charge on any atom is 0.243 e. The smallest absolute Gasteiger partial charge is 0.243 e. The maximum atomic E-state index is 10.3. The zero-order valence-corrected chi connectivity index (χ0v) is 7.10. The lowest BCUT2D eigenvalue weighted by Gasteiger charge is -1.95. The van der Waals surface area contributed by atoms with Crippen LogP contribution in [0.4, 0.5) is 0 Å². The van der Waals surface area contributed by atoms with E-state index in [0.29, 0.717) is 12.2 Å². The molecule has 0 aromatic carbocycles. The summed E-state index contributed by atoms with van der Waals surface area (Å²) in [7, 11) is 1.89. The number of aromatic nitrogens is 2. The van der Waals surface area contributed by atoms with Gasteiger partial charge in [0.15, 0.2) is 12.0 Å². The number of rotatable bonds is 2. The first kappa shape index (κ1) is 7.79. The predicted molar refractivity (Wildman–Crippen MR) is 46.3 cm³/mol. The highest BCUT2D eigenvalue weighted by Crippen LogP contribution is 2.17. The molecule has 0 amide bonds. The van der Waals surface area contributed by atoms with Gasteiger partial charge in [0.1, 0.15) is 5.69 Å². The fraction of sp³-hybridized carbons (Fsp3) is 0.111. The molecule has 0 unspecified atom stereocenters. The first-order valence-corrected chi connectivity index (χ1v) is 3.84. The Bertz CT molecular complexity index is 428. The summed E-state index contributed by atoms with van der Waals surface area (Å²) in [5.41, 5.74) is 0.855. The molecule has 0 aliphatic heterocycles. The summed E-state index contributed by atoms with van der Waals surface area (Å²) >= 11 is 0. The second-order valence-electron chi connectivity index (χ2n) is 2.69. The zero-order chi connectivity index (χ0) is 9.26. The van der Waals surface area contributed by atoms with Crippen LogP contribution in [0.2, 0.25) is 0 Å². The minimum Gasteiger partial charge on any atom is -0.432 e. The molecule has 0 N–H and O–H groups in total. The van der Waals surface area contributed by atoms with Crippen molar-refractivity contribution >= 4 is 6.29 Å². The Balaban J connectivity index is 2.46. The molecule has 0 saturated carbocycles. The van der Waals surface area contributed by atoms with Crippen LogP contribution in [0.5, 0.6) is 0 Å². The lowest BCUT2D eigenvalue weighted by molar-refractivity contribution is 0.110. The lowest BCUT2D eigenvalue weighted by atomic mass is 10.4. The van der Waals surface area contributed by atoms with Gasteiger partial charge in [0.25, 0.3) is 0 Å². The Morgan fingerprint density at radius 1 is 1.62 bits per heavy atom. The summed E-state index contributed by atoms with van der Waals surface area (Å²) in [4.78, 5) is 14.3. The summed E-state index contributed by atoms with van der Waals surface area (Å²) in [5, 5.41) is 0. The maximum absolute atomic E-state index is 10.3. The minimum absolute atomic E-state index is 0.246. The molecule has 0 bridgehead atoms. The van der Waals surface area contributed by atoms with E-state index >= 15 is 0 Å². The lowest BCUT2D eigenvalue weighted by Crippen LogP contribution is -1.88. The van der Waals surface area contributed by atoms with Crippen LogP contribution in [0, 0.1) is 0 Å². The molecule has 2 heterocycles. The number of oxazole rings is 1. The second-order valence-corrected chi connectivity index (χ2v) is 2.69. The van der Waals surface area contributed by atoms with E-state index in [4.69, 9.17) is 4.42 Å². The molecule has 4 heteroatoms. The molecule has 0 fully saturated rings. The van der Waals surface area contributed by atoms with Gasteiger partial charge in [0.2, 0.25) is 5.89 Å². The van der Waals surface area contributed by atoms with Gasteiger partial charge in [-0.05, 0) is 12.1 Å². The van der Waals surface area contributed by atoms with Gasteiger partial charge < -0.3 is 8.98 Å². The molecular formula is C9H8N2O2. The summed E-state index contributed by atoms with van der Waals surface area (Å²) < 4.78 is 7.03. The van der Waals surface area contributed by atoms with Crippen molar-refractivity contribution in [2.75, 3.05) is 0 Å². The van der Waals surface area contributed by atoms with Crippen molar-refractivity contribution in [3.8, 4) is 11.6 Å². The van der Waals surface area contributed by atoms with Crippen molar-refractivity contribution in [3.05, 3.63) is 30.3 Å². The molecule has 0 saturated heterocycles. The van der Waals surface area contributed by atoms with Gasteiger partial charge >= 0.3 is 0 Å². The molecule has 2 aromatic rings. The SMILES string of the molecule is Cn1cccc1-c1ncc(C=O)o1. The first-order chi connectivity index (χ1) is 6.31. The normalized spacial score (nSPS) is 10.2. The van der Waals surface area contributed by atoms with Crippen molar-refractivity contribution in [2.45, 2.75) is 0 Å². The van der Waals surface area contributed by atoms with Crippen LogP contribution in [-0.2, 0) is 7.05 Å². The molecule has 4 nitrogen and oxygen atoms in total. The molecule has 2 rings (SSSR count). The van der Waals surface area contributed by atoms with E-state index in [9.17, 15) is 4.79 Å². The minimum atomic E-state index is 0.246. The molecule has 0 aliphatic carbocycles. The fourth-order valence-electron chi connectivity index (χ4n) is 1.14. The largest absolute Gasteiger partial charge is 0.432 e. The van der Waals surface area contributed by atoms with E-state index in [1.54, 1.807) is 0 Å². The molecule has 13 heavy (non-hydrogen) atoms.